The number of halogens is 1. The van der Waals surface area contributed by atoms with E-state index >= 15 is 0 Å². The number of rotatable bonds is 5. The van der Waals surface area contributed by atoms with Crippen molar-refractivity contribution in [2.24, 2.45) is 0 Å². The first-order chi connectivity index (χ1) is 8.08. The molecule has 92 valence electrons. The molecule has 0 aromatic heterocycles. The Balaban J connectivity index is 2.78. The molecule has 17 heavy (non-hydrogen) atoms. The van der Waals surface area contributed by atoms with Gasteiger partial charge in [0.1, 0.15) is 11.6 Å². The molecule has 0 saturated heterocycles. The van der Waals surface area contributed by atoms with Crippen molar-refractivity contribution in [2.75, 3.05) is 0 Å². The van der Waals surface area contributed by atoms with Crippen LogP contribution in [-0.2, 0) is 0 Å². The molecule has 0 aliphatic heterocycles. The zero-order chi connectivity index (χ0) is 12.8. The minimum Gasteiger partial charge on any atom is -0.508 e. The highest BCUT2D eigenvalue weighted by molar-refractivity contribution is 5.34. The standard InChI is InChI=1S/C13H17FN2O/c1-3-11(6-7-15)16-9(2)12-8-10(14)4-5-13(12)17/h4-5,8-9,11,16-17H,3,6H2,1-2H3. The lowest BCUT2D eigenvalue weighted by atomic mass is 10.0. The topological polar surface area (TPSA) is 56.0 Å². The van der Waals surface area contributed by atoms with Gasteiger partial charge in [0.05, 0.1) is 12.5 Å². The van der Waals surface area contributed by atoms with Gasteiger partial charge in [0.25, 0.3) is 0 Å². The monoisotopic (exact) mass is 236 g/mol. The maximum atomic E-state index is 13.1. The summed E-state index contributed by atoms with van der Waals surface area (Å²) in [6.45, 7) is 3.82. The highest BCUT2D eigenvalue weighted by Gasteiger charge is 2.15. The van der Waals surface area contributed by atoms with Gasteiger partial charge in [0.2, 0.25) is 0 Å². The molecule has 0 amide bonds. The molecule has 0 radical (unpaired) electrons. The molecule has 0 spiro atoms. The van der Waals surface area contributed by atoms with Crippen LogP contribution in [0.4, 0.5) is 4.39 Å². The van der Waals surface area contributed by atoms with Crippen molar-refractivity contribution >= 4 is 0 Å². The van der Waals surface area contributed by atoms with Gasteiger partial charge in [-0.2, -0.15) is 5.26 Å². The van der Waals surface area contributed by atoms with Gasteiger partial charge < -0.3 is 10.4 Å². The number of hydrogen-bond acceptors (Lipinski definition) is 3. The molecule has 2 atom stereocenters. The van der Waals surface area contributed by atoms with Gasteiger partial charge in [0.15, 0.2) is 0 Å². The van der Waals surface area contributed by atoms with E-state index in [2.05, 4.69) is 11.4 Å². The molecular formula is C13H17FN2O. The van der Waals surface area contributed by atoms with Crippen LogP contribution in [-0.4, -0.2) is 11.1 Å². The molecule has 1 aromatic carbocycles. The highest BCUT2D eigenvalue weighted by atomic mass is 19.1. The van der Waals surface area contributed by atoms with E-state index in [9.17, 15) is 9.50 Å². The number of phenols is 1. The fraction of sp³-hybridized carbons (Fsp3) is 0.462. The van der Waals surface area contributed by atoms with Crippen LogP contribution >= 0.6 is 0 Å². The molecule has 4 heteroatoms. The van der Waals surface area contributed by atoms with Crippen LogP contribution in [0.5, 0.6) is 5.75 Å². The summed E-state index contributed by atoms with van der Waals surface area (Å²) < 4.78 is 13.1. The van der Waals surface area contributed by atoms with Gasteiger partial charge in [-0.15, -0.1) is 0 Å². The third-order valence-corrected chi connectivity index (χ3v) is 2.77. The lowest BCUT2D eigenvalue weighted by Gasteiger charge is -2.21. The first-order valence-corrected chi connectivity index (χ1v) is 5.69. The highest BCUT2D eigenvalue weighted by Crippen LogP contribution is 2.25. The van der Waals surface area contributed by atoms with E-state index in [4.69, 9.17) is 5.26 Å². The Hall–Kier alpha value is -1.60. The van der Waals surface area contributed by atoms with Gasteiger partial charge in [0, 0.05) is 17.6 Å². The molecule has 1 rings (SSSR count). The number of benzene rings is 1. The second-order valence-corrected chi connectivity index (χ2v) is 4.06. The smallest absolute Gasteiger partial charge is 0.123 e. The molecule has 2 N–H and O–H groups in total. The molecule has 0 aliphatic rings. The predicted molar refractivity (Wildman–Crippen MR) is 63.9 cm³/mol. The van der Waals surface area contributed by atoms with Crippen molar-refractivity contribution in [2.45, 2.75) is 38.8 Å². The van der Waals surface area contributed by atoms with Crippen LogP contribution in [0.2, 0.25) is 0 Å². The van der Waals surface area contributed by atoms with E-state index in [1.165, 1.54) is 18.2 Å². The lowest BCUT2D eigenvalue weighted by molar-refractivity contribution is 0.418. The van der Waals surface area contributed by atoms with Crippen LogP contribution in [0.1, 0.15) is 38.3 Å². The Morgan fingerprint density at radius 3 is 2.82 bits per heavy atom. The van der Waals surface area contributed by atoms with Gasteiger partial charge in [-0.3, -0.25) is 0 Å². The molecular weight excluding hydrogens is 219 g/mol. The Bertz CT molecular complexity index is 414. The maximum absolute atomic E-state index is 13.1. The van der Waals surface area contributed by atoms with Crippen molar-refractivity contribution in [3.63, 3.8) is 0 Å². The first-order valence-electron chi connectivity index (χ1n) is 5.69. The Kier molecular flexibility index (Phi) is 4.92. The summed E-state index contributed by atoms with van der Waals surface area (Å²) in [7, 11) is 0. The third kappa shape index (κ3) is 3.72. The number of hydrogen-bond donors (Lipinski definition) is 2. The van der Waals surface area contributed by atoms with Crippen LogP contribution in [0, 0.1) is 17.1 Å². The molecule has 0 aliphatic carbocycles. The molecule has 0 bridgehead atoms. The zero-order valence-electron chi connectivity index (χ0n) is 10.1. The number of nitrogens with zero attached hydrogens (tertiary/aromatic N) is 1. The summed E-state index contributed by atoms with van der Waals surface area (Å²) in [5.74, 6) is -0.307. The molecule has 1 aromatic rings. The lowest BCUT2D eigenvalue weighted by Crippen LogP contribution is -2.30. The second-order valence-electron chi connectivity index (χ2n) is 4.06. The van der Waals surface area contributed by atoms with Gasteiger partial charge in [-0.25, -0.2) is 4.39 Å². The third-order valence-electron chi connectivity index (χ3n) is 2.77. The fourth-order valence-corrected chi connectivity index (χ4v) is 1.75. The summed E-state index contributed by atoms with van der Waals surface area (Å²) in [6.07, 6.45) is 1.21. The molecule has 3 nitrogen and oxygen atoms in total. The van der Waals surface area contributed by atoms with Crippen molar-refractivity contribution in [1.29, 1.82) is 5.26 Å². The summed E-state index contributed by atoms with van der Waals surface area (Å²) >= 11 is 0. The molecule has 0 saturated carbocycles. The van der Waals surface area contributed by atoms with Crippen molar-refractivity contribution in [3.8, 4) is 11.8 Å². The SMILES string of the molecule is CCC(CC#N)NC(C)c1cc(F)ccc1O. The fourth-order valence-electron chi connectivity index (χ4n) is 1.75. The largest absolute Gasteiger partial charge is 0.508 e. The van der Waals surface area contributed by atoms with E-state index in [0.29, 0.717) is 12.0 Å². The van der Waals surface area contributed by atoms with Gasteiger partial charge in [-0.05, 0) is 31.5 Å². The summed E-state index contributed by atoms with van der Waals surface area (Å²) in [5.41, 5.74) is 0.515. The minimum atomic E-state index is -0.375. The van der Waals surface area contributed by atoms with Crippen molar-refractivity contribution in [1.82, 2.24) is 5.32 Å². The summed E-state index contributed by atoms with van der Waals surface area (Å²) in [6, 6.07) is 5.84. The Labute approximate surface area is 101 Å². The van der Waals surface area contributed by atoms with Crippen LogP contribution in [0.25, 0.3) is 0 Å². The van der Waals surface area contributed by atoms with E-state index < -0.39 is 0 Å². The molecule has 0 fully saturated rings. The average molecular weight is 236 g/mol. The second kappa shape index (κ2) is 6.21. The zero-order valence-corrected chi connectivity index (χ0v) is 10.1. The Morgan fingerprint density at radius 1 is 1.53 bits per heavy atom. The first kappa shape index (κ1) is 13.5. The van der Waals surface area contributed by atoms with Crippen LogP contribution < -0.4 is 5.32 Å². The summed E-state index contributed by atoms with van der Waals surface area (Å²) in [5, 5.41) is 21.5. The van der Waals surface area contributed by atoms with E-state index in [-0.39, 0.29) is 23.7 Å². The van der Waals surface area contributed by atoms with E-state index in [1.807, 2.05) is 13.8 Å². The van der Waals surface area contributed by atoms with E-state index in [1.54, 1.807) is 0 Å². The Morgan fingerprint density at radius 2 is 2.24 bits per heavy atom. The minimum absolute atomic E-state index is 0.0534. The van der Waals surface area contributed by atoms with Gasteiger partial charge >= 0.3 is 0 Å². The van der Waals surface area contributed by atoms with Crippen molar-refractivity contribution < 1.29 is 9.50 Å². The van der Waals surface area contributed by atoms with E-state index in [0.717, 1.165) is 6.42 Å². The number of nitriles is 1. The van der Waals surface area contributed by atoms with Crippen LogP contribution in [0.3, 0.4) is 0 Å². The predicted octanol–water partition coefficient (Wildman–Crippen LogP) is 2.87. The normalized spacial score (nSPS) is 14.0. The molecule has 0 heterocycles. The van der Waals surface area contributed by atoms with Crippen LogP contribution in [0.15, 0.2) is 18.2 Å². The number of phenolic OH excluding ortho intramolecular Hbond substituents is 1. The van der Waals surface area contributed by atoms with Crippen molar-refractivity contribution in [3.05, 3.63) is 29.6 Å². The average Bonchev–Trinajstić information content (AvgIpc) is 2.31. The summed E-state index contributed by atoms with van der Waals surface area (Å²) in [4.78, 5) is 0. The quantitative estimate of drug-likeness (QED) is 0.826. The number of nitrogens with one attached hydrogen (secondary N) is 1. The molecule has 2 unspecified atom stereocenters. The van der Waals surface area contributed by atoms with Gasteiger partial charge in [-0.1, -0.05) is 6.92 Å². The number of aromatic hydroxyl groups is 1. The maximum Gasteiger partial charge on any atom is 0.123 e.